The second-order valence-corrected chi connectivity index (χ2v) is 5.09. The minimum Gasteiger partial charge on any atom is -0.308 e. The Hall–Kier alpha value is -1.48. The van der Waals surface area contributed by atoms with E-state index in [4.69, 9.17) is 0 Å². The van der Waals surface area contributed by atoms with E-state index < -0.39 is 0 Å². The van der Waals surface area contributed by atoms with Crippen LogP contribution in [0.15, 0.2) is 35.1 Å². The Morgan fingerprint density at radius 1 is 1.16 bits per heavy atom. The van der Waals surface area contributed by atoms with Crippen LogP contribution >= 0.6 is 12.6 Å². The van der Waals surface area contributed by atoms with E-state index >= 15 is 0 Å². The van der Waals surface area contributed by atoms with Crippen molar-refractivity contribution in [2.24, 2.45) is 0 Å². The van der Waals surface area contributed by atoms with Gasteiger partial charge < -0.3 is 4.57 Å². The lowest BCUT2D eigenvalue weighted by Gasteiger charge is -2.15. The van der Waals surface area contributed by atoms with Crippen LogP contribution in [0.4, 0.5) is 0 Å². The smallest absolute Gasteiger partial charge is 0.255 e. The number of benzene rings is 1. The Bertz CT molecular complexity index is 658. The molecule has 2 nitrogen and oxygen atoms in total. The second kappa shape index (κ2) is 5.66. The number of hydrogen-bond donors (Lipinski definition) is 1. The van der Waals surface area contributed by atoms with Crippen molar-refractivity contribution in [2.45, 2.75) is 33.1 Å². The summed E-state index contributed by atoms with van der Waals surface area (Å²) in [5, 5.41) is 0. The Kier molecular flexibility index (Phi) is 4.15. The molecule has 0 radical (unpaired) electrons. The zero-order chi connectivity index (χ0) is 14.0. The molecule has 0 aliphatic heterocycles. The first-order valence-corrected chi connectivity index (χ1v) is 7.13. The fraction of sp³-hybridized carbons (Fsp3) is 0.312. The Morgan fingerprint density at radius 2 is 1.89 bits per heavy atom. The first-order chi connectivity index (χ1) is 9.08. The first kappa shape index (κ1) is 13.9. The lowest BCUT2D eigenvalue weighted by Crippen LogP contribution is -2.23. The molecule has 0 aliphatic carbocycles. The number of rotatable bonds is 3. The molecule has 0 saturated carbocycles. The molecule has 2 rings (SSSR count). The predicted octanol–water partition coefficient (Wildman–Crippen LogP) is 3.58. The summed E-state index contributed by atoms with van der Waals surface area (Å²) in [6.45, 7) is 6.83. The van der Waals surface area contributed by atoms with Crippen molar-refractivity contribution >= 4 is 12.6 Å². The van der Waals surface area contributed by atoms with Crippen molar-refractivity contribution in [3.8, 4) is 11.3 Å². The zero-order valence-electron chi connectivity index (χ0n) is 11.6. The van der Waals surface area contributed by atoms with Crippen molar-refractivity contribution in [1.29, 1.82) is 0 Å². The fourth-order valence-corrected chi connectivity index (χ4v) is 2.63. The SMILES string of the molecule is CCn1c(-c2ccc(C)cc2C)ccc(CS)c1=O. The standard InChI is InChI=1S/C16H19NOS/c1-4-17-15(8-6-13(10-19)16(17)18)14-7-5-11(2)9-12(14)3/h5-9,19H,4,10H2,1-3H3. The number of pyridine rings is 1. The molecule has 100 valence electrons. The van der Waals surface area contributed by atoms with Gasteiger partial charge >= 0.3 is 0 Å². The molecule has 0 fully saturated rings. The van der Waals surface area contributed by atoms with Gasteiger partial charge in [-0.15, -0.1) is 0 Å². The van der Waals surface area contributed by atoms with Crippen molar-refractivity contribution in [2.75, 3.05) is 0 Å². The van der Waals surface area contributed by atoms with Crippen LogP contribution < -0.4 is 5.56 Å². The van der Waals surface area contributed by atoms with Gasteiger partial charge in [-0.1, -0.05) is 29.8 Å². The summed E-state index contributed by atoms with van der Waals surface area (Å²) >= 11 is 4.21. The summed E-state index contributed by atoms with van der Waals surface area (Å²) in [5.41, 5.74) is 5.35. The maximum absolute atomic E-state index is 12.3. The van der Waals surface area contributed by atoms with Gasteiger partial charge in [-0.25, -0.2) is 0 Å². The van der Waals surface area contributed by atoms with Crippen LogP contribution in [0.2, 0.25) is 0 Å². The topological polar surface area (TPSA) is 22.0 Å². The van der Waals surface area contributed by atoms with E-state index in [0.717, 1.165) is 16.8 Å². The molecule has 0 saturated heterocycles. The quantitative estimate of drug-likeness (QED) is 0.848. The summed E-state index contributed by atoms with van der Waals surface area (Å²) in [6.07, 6.45) is 0. The van der Waals surface area contributed by atoms with Crippen molar-refractivity contribution in [1.82, 2.24) is 4.57 Å². The highest BCUT2D eigenvalue weighted by atomic mass is 32.1. The average molecular weight is 273 g/mol. The van der Waals surface area contributed by atoms with Crippen LogP contribution in [0.3, 0.4) is 0 Å². The molecular weight excluding hydrogens is 254 g/mol. The molecule has 0 amide bonds. The van der Waals surface area contributed by atoms with Crippen LogP contribution in [0.1, 0.15) is 23.6 Å². The van der Waals surface area contributed by atoms with Gasteiger partial charge in [0.05, 0.1) is 5.69 Å². The van der Waals surface area contributed by atoms with E-state index in [1.165, 1.54) is 11.1 Å². The van der Waals surface area contributed by atoms with Gasteiger partial charge in [0.2, 0.25) is 0 Å². The summed E-state index contributed by atoms with van der Waals surface area (Å²) in [4.78, 5) is 12.3. The van der Waals surface area contributed by atoms with Crippen molar-refractivity contribution < 1.29 is 0 Å². The number of aryl methyl sites for hydroxylation is 2. The van der Waals surface area contributed by atoms with Gasteiger partial charge in [0.1, 0.15) is 0 Å². The molecule has 0 aliphatic rings. The number of hydrogen-bond acceptors (Lipinski definition) is 2. The predicted molar refractivity (Wildman–Crippen MR) is 84.0 cm³/mol. The minimum atomic E-state index is 0.0648. The fourth-order valence-electron chi connectivity index (χ4n) is 2.39. The maximum atomic E-state index is 12.3. The zero-order valence-corrected chi connectivity index (χ0v) is 12.5. The Morgan fingerprint density at radius 3 is 2.47 bits per heavy atom. The van der Waals surface area contributed by atoms with Crippen LogP contribution in [-0.2, 0) is 12.3 Å². The Balaban J connectivity index is 2.69. The number of aromatic nitrogens is 1. The van der Waals surface area contributed by atoms with Crippen LogP contribution in [0, 0.1) is 13.8 Å². The van der Waals surface area contributed by atoms with Gasteiger partial charge in [0.25, 0.3) is 5.56 Å². The normalized spacial score (nSPS) is 10.7. The summed E-state index contributed by atoms with van der Waals surface area (Å²) in [6, 6.07) is 10.2. The van der Waals surface area contributed by atoms with Crippen molar-refractivity contribution in [3.05, 3.63) is 57.4 Å². The molecule has 1 heterocycles. The lowest BCUT2D eigenvalue weighted by molar-refractivity contribution is 0.728. The molecule has 0 atom stereocenters. The van der Waals surface area contributed by atoms with Crippen LogP contribution in [0.25, 0.3) is 11.3 Å². The molecular formula is C16H19NOS. The van der Waals surface area contributed by atoms with E-state index in [0.29, 0.717) is 12.3 Å². The molecule has 0 N–H and O–H groups in total. The molecule has 3 heteroatoms. The third kappa shape index (κ3) is 2.61. The lowest BCUT2D eigenvalue weighted by atomic mass is 10.0. The Labute approximate surface area is 119 Å². The molecule has 0 unspecified atom stereocenters. The van der Waals surface area contributed by atoms with Gasteiger partial charge in [-0.2, -0.15) is 12.6 Å². The second-order valence-electron chi connectivity index (χ2n) is 4.77. The largest absolute Gasteiger partial charge is 0.308 e. The highest BCUT2D eigenvalue weighted by molar-refractivity contribution is 7.79. The van der Waals surface area contributed by atoms with E-state index in [9.17, 15) is 4.79 Å². The van der Waals surface area contributed by atoms with E-state index in [1.807, 2.05) is 23.6 Å². The summed E-state index contributed by atoms with van der Waals surface area (Å²) in [7, 11) is 0. The van der Waals surface area contributed by atoms with Crippen LogP contribution in [0.5, 0.6) is 0 Å². The summed E-state index contributed by atoms with van der Waals surface area (Å²) < 4.78 is 1.82. The van der Waals surface area contributed by atoms with Gasteiger partial charge in [-0.05, 0) is 32.4 Å². The number of thiol groups is 1. The van der Waals surface area contributed by atoms with Gasteiger partial charge in [0, 0.05) is 23.4 Å². The monoisotopic (exact) mass is 273 g/mol. The highest BCUT2D eigenvalue weighted by Crippen LogP contribution is 2.23. The van der Waals surface area contributed by atoms with E-state index in [1.54, 1.807) is 0 Å². The third-order valence-electron chi connectivity index (χ3n) is 3.40. The molecule has 0 bridgehead atoms. The first-order valence-electron chi connectivity index (χ1n) is 6.49. The van der Waals surface area contributed by atoms with Crippen molar-refractivity contribution in [3.63, 3.8) is 0 Å². The maximum Gasteiger partial charge on any atom is 0.255 e. The molecule has 1 aromatic carbocycles. The molecule has 0 spiro atoms. The van der Waals surface area contributed by atoms with E-state index in [-0.39, 0.29) is 5.56 Å². The third-order valence-corrected chi connectivity index (χ3v) is 3.74. The molecule has 19 heavy (non-hydrogen) atoms. The van der Waals surface area contributed by atoms with E-state index in [2.05, 4.69) is 44.7 Å². The van der Waals surface area contributed by atoms with Gasteiger partial charge in [-0.3, -0.25) is 4.79 Å². The van der Waals surface area contributed by atoms with Crippen LogP contribution in [-0.4, -0.2) is 4.57 Å². The molecule has 1 aromatic heterocycles. The summed E-state index contributed by atoms with van der Waals surface area (Å²) in [5.74, 6) is 0.478. The highest BCUT2D eigenvalue weighted by Gasteiger charge is 2.10. The minimum absolute atomic E-state index is 0.0648. The van der Waals surface area contributed by atoms with Gasteiger partial charge in [0.15, 0.2) is 0 Å². The average Bonchev–Trinajstić information content (AvgIpc) is 2.38. The number of nitrogens with zero attached hydrogens (tertiary/aromatic N) is 1. The molecule has 2 aromatic rings.